The number of carbonyl (C=O) groups is 1. The number of thioether (sulfide) groups is 1. The van der Waals surface area contributed by atoms with Crippen molar-refractivity contribution in [3.05, 3.63) is 112 Å². The molecule has 0 bridgehead atoms. The number of nitrogens with zero attached hydrogens (tertiary/aromatic N) is 2. The van der Waals surface area contributed by atoms with Crippen LogP contribution in [0, 0.1) is 5.82 Å². The topological polar surface area (TPSA) is 64.4 Å². The van der Waals surface area contributed by atoms with Crippen LogP contribution in [0.25, 0.3) is 0 Å². The van der Waals surface area contributed by atoms with Crippen molar-refractivity contribution in [2.45, 2.75) is 29.8 Å². The standard InChI is InChI=1S/C27H23ClF2N2O3S/c1-27(18-8-10-21(28)23(14-18)35-2)11-3-5-19(29)6-4-12-32-24(27)15-31-26(32)36-16-17-7-9-20(25(33)34)22(30)13-17/h3-11,13-15H,12,16H2,1-2H3,(H,33,34)/b6-4-,11-3?,19-5+. The summed E-state index contributed by atoms with van der Waals surface area (Å²) in [6, 6.07) is 9.56. The minimum Gasteiger partial charge on any atom is -0.495 e. The molecule has 1 N–H and O–H groups in total. The lowest BCUT2D eigenvalue weighted by Crippen LogP contribution is -2.25. The van der Waals surface area contributed by atoms with Crippen LogP contribution in [0.5, 0.6) is 5.75 Å². The highest BCUT2D eigenvalue weighted by Crippen LogP contribution is 2.39. The van der Waals surface area contributed by atoms with E-state index >= 15 is 0 Å². The second-order valence-corrected chi connectivity index (χ2v) is 9.66. The number of rotatable bonds is 6. The average molecular weight is 529 g/mol. The third-order valence-electron chi connectivity index (χ3n) is 5.98. The Morgan fingerprint density at radius 1 is 1.28 bits per heavy atom. The van der Waals surface area contributed by atoms with Gasteiger partial charge in [0.05, 0.1) is 35.0 Å². The first-order valence-electron chi connectivity index (χ1n) is 11.0. The van der Waals surface area contributed by atoms with Gasteiger partial charge >= 0.3 is 5.97 Å². The molecule has 0 amide bonds. The van der Waals surface area contributed by atoms with Crippen LogP contribution in [0.3, 0.4) is 0 Å². The van der Waals surface area contributed by atoms with E-state index in [1.165, 1.54) is 36.0 Å². The molecule has 4 rings (SSSR count). The van der Waals surface area contributed by atoms with Gasteiger partial charge in [0.2, 0.25) is 0 Å². The third-order valence-corrected chi connectivity index (χ3v) is 7.36. The highest BCUT2D eigenvalue weighted by Gasteiger charge is 2.32. The first kappa shape index (κ1) is 25.7. The lowest BCUT2D eigenvalue weighted by atomic mass is 9.79. The zero-order valence-electron chi connectivity index (χ0n) is 19.5. The number of hydrogen-bond donors (Lipinski definition) is 1. The molecular formula is C27H23ClF2N2O3S. The Morgan fingerprint density at radius 3 is 2.81 bits per heavy atom. The summed E-state index contributed by atoms with van der Waals surface area (Å²) < 4.78 is 35.8. The Morgan fingerprint density at radius 2 is 2.08 bits per heavy atom. The number of fused-ring (bicyclic) bond motifs is 1. The van der Waals surface area contributed by atoms with E-state index in [4.69, 9.17) is 21.4 Å². The SMILES string of the molecule is COc1cc(C2(C)C=C/C=C(F)\C=C/Cn3c2cnc3SCc2ccc(C(=O)O)c(F)c2)ccc1Cl. The second-order valence-electron chi connectivity index (χ2n) is 8.31. The number of carboxylic acids is 1. The van der Waals surface area contributed by atoms with Crippen molar-refractivity contribution in [2.24, 2.45) is 0 Å². The van der Waals surface area contributed by atoms with E-state index in [0.29, 0.717) is 33.8 Å². The number of benzene rings is 2. The molecule has 36 heavy (non-hydrogen) atoms. The van der Waals surface area contributed by atoms with E-state index in [1.54, 1.807) is 37.6 Å². The summed E-state index contributed by atoms with van der Waals surface area (Å²) >= 11 is 7.63. The molecule has 0 saturated heterocycles. The number of allylic oxidation sites excluding steroid dienone is 6. The first-order valence-corrected chi connectivity index (χ1v) is 12.4. The third kappa shape index (κ3) is 5.24. The van der Waals surface area contributed by atoms with Gasteiger partial charge in [0.1, 0.15) is 17.4 Å². The normalized spacial score (nSPS) is 19.8. The van der Waals surface area contributed by atoms with Crippen LogP contribution in [-0.2, 0) is 17.7 Å². The molecule has 0 aliphatic carbocycles. The lowest BCUT2D eigenvalue weighted by molar-refractivity contribution is 0.0692. The molecule has 1 unspecified atom stereocenters. The van der Waals surface area contributed by atoms with Gasteiger partial charge in [0, 0.05) is 12.3 Å². The van der Waals surface area contributed by atoms with Crippen molar-refractivity contribution in [3.8, 4) is 5.75 Å². The molecule has 3 aromatic rings. The number of ether oxygens (including phenoxy) is 1. The summed E-state index contributed by atoms with van der Waals surface area (Å²) in [5.41, 5.74) is 1.28. The molecule has 186 valence electrons. The van der Waals surface area contributed by atoms with E-state index in [1.807, 2.05) is 29.7 Å². The van der Waals surface area contributed by atoms with E-state index in [0.717, 1.165) is 11.3 Å². The van der Waals surface area contributed by atoms with Crippen LogP contribution in [0.15, 0.2) is 84.0 Å². The molecular weight excluding hydrogens is 506 g/mol. The molecule has 1 aliphatic rings. The highest BCUT2D eigenvalue weighted by molar-refractivity contribution is 7.98. The van der Waals surface area contributed by atoms with Gasteiger partial charge in [0.25, 0.3) is 0 Å². The Kier molecular flexibility index (Phi) is 7.66. The minimum atomic E-state index is -1.31. The Balaban J connectivity index is 1.74. The number of hydrogen-bond acceptors (Lipinski definition) is 4. The highest BCUT2D eigenvalue weighted by atomic mass is 35.5. The molecule has 1 aliphatic heterocycles. The maximum absolute atomic E-state index is 14.2. The molecule has 1 atom stereocenters. The number of carboxylic acid groups (broad SMARTS) is 1. The number of aromatic nitrogens is 2. The van der Waals surface area contributed by atoms with Gasteiger partial charge in [-0.1, -0.05) is 53.7 Å². The zero-order chi connectivity index (χ0) is 25.9. The molecule has 0 radical (unpaired) electrons. The fraction of sp³-hybridized carbons (Fsp3) is 0.185. The Hall–Kier alpha value is -3.36. The maximum atomic E-state index is 14.2. The van der Waals surface area contributed by atoms with Crippen molar-refractivity contribution in [2.75, 3.05) is 7.11 Å². The largest absolute Gasteiger partial charge is 0.495 e. The number of imidazole rings is 1. The summed E-state index contributed by atoms with van der Waals surface area (Å²) in [6.07, 6.45) is 9.86. The molecule has 1 aromatic heterocycles. The van der Waals surface area contributed by atoms with Gasteiger partial charge in [-0.25, -0.2) is 18.6 Å². The Bertz CT molecular complexity index is 1400. The summed E-state index contributed by atoms with van der Waals surface area (Å²) in [5.74, 6) is -1.59. The van der Waals surface area contributed by atoms with E-state index in [2.05, 4.69) is 4.98 Å². The van der Waals surface area contributed by atoms with Gasteiger partial charge < -0.3 is 14.4 Å². The van der Waals surface area contributed by atoms with Gasteiger partial charge in [-0.2, -0.15) is 0 Å². The van der Waals surface area contributed by atoms with Crippen LogP contribution < -0.4 is 4.74 Å². The van der Waals surface area contributed by atoms with E-state index < -0.39 is 17.2 Å². The summed E-state index contributed by atoms with van der Waals surface area (Å²) in [5, 5.41) is 10.2. The average Bonchev–Trinajstić information content (AvgIpc) is 3.25. The number of methoxy groups -OCH3 is 1. The smallest absolute Gasteiger partial charge is 0.338 e. The number of halogens is 3. The molecule has 5 nitrogen and oxygen atoms in total. The second kappa shape index (κ2) is 10.7. The summed E-state index contributed by atoms with van der Waals surface area (Å²) in [7, 11) is 1.55. The predicted octanol–water partition coefficient (Wildman–Crippen LogP) is 6.96. The van der Waals surface area contributed by atoms with Gasteiger partial charge in [-0.15, -0.1) is 0 Å². The molecule has 9 heteroatoms. The van der Waals surface area contributed by atoms with Crippen LogP contribution in [0.1, 0.15) is 34.1 Å². The zero-order valence-corrected chi connectivity index (χ0v) is 21.1. The van der Waals surface area contributed by atoms with Gasteiger partial charge in [-0.3, -0.25) is 0 Å². The number of aromatic carboxylic acids is 1. The molecule has 0 spiro atoms. The van der Waals surface area contributed by atoms with Crippen LogP contribution in [-0.4, -0.2) is 27.7 Å². The van der Waals surface area contributed by atoms with Crippen molar-refractivity contribution in [1.29, 1.82) is 0 Å². The first-order chi connectivity index (χ1) is 17.2. The molecule has 0 fully saturated rings. The maximum Gasteiger partial charge on any atom is 0.338 e. The van der Waals surface area contributed by atoms with E-state index in [-0.39, 0.29) is 11.4 Å². The fourth-order valence-electron chi connectivity index (χ4n) is 4.01. The monoisotopic (exact) mass is 528 g/mol. The summed E-state index contributed by atoms with van der Waals surface area (Å²) in [4.78, 5) is 15.7. The minimum absolute atomic E-state index is 0.361. The van der Waals surface area contributed by atoms with Crippen molar-refractivity contribution < 1.29 is 23.4 Å². The fourth-order valence-corrected chi connectivity index (χ4v) is 5.13. The van der Waals surface area contributed by atoms with Crippen LogP contribution in [0.2, 0.25) is 5.02 Å². The Labute approximate surface area is 216 Å². The van der Waals surface area contributed by atoms with Crippen LogP contribution >= 0.6 is 23.4 Å². The summed E-state index contributed by atoms with van der Waals surface area (Å²) in [6.45, 7) is 2.37. The van der Waals surface area contributed by atoms with Crippen molar-refractivity contribution >= 4 is 29.3 Å². The van der Waals surface area contributed by atoms with Crippen LogP contribution in [0.4, 0.5) is 8.78 Å². The quantitative estimate of drug-likeness (QED) is 0.350. The predicted molar refractivity (Wildman–Crippen MR) is 137 cm³/mol. The van der Waals surface area contributed by atoms with Gasteiger partial charge in [0.15, 0.2) is 5.16 Å². The lowest BCUT2D eigenvalue weighted by Gasteiger charge is -2.29. The molecule has 2 heterocycles. The van der Waals surface area contributed by atoms with Crippen molar-refractivity contribution in [1.82, 2.24) is 9.55 Å². The van der Waals surface area contributed by atoms with E-state index in [9.17, 15) is 13.6 Å². The molecule has 2 aromatic carbocycles. The molecule has 0 saturated carbocycles. The van der Waals surface area contributed by atoms with Gasteiger partial charge in [-0.05, 0) is 54.5 Å². The van der Waals surface area contributed by atoms with Crippen molar-refractivity contribution in [3.63, 3.8) is 0 Å².